The van der Waals surface area contributed by atoms with Crippen LogP contribution in [0.5, 0.6) is 0 Å². The van der Waals surface area contributed by atoms with Gasteiger partial charge in [-0.2, -0.15) is 5.10 Å². The number of non-ortho nitro benzene ring substituents is 1. The molecule has 1 N–H and O–H groups in total. The number of aromatic nitrogens is 2. The molecule has 0 spiro atoms. The number of hydrogen-bond donors (Lipinski definition) is 1. The molecular weight excluding hydrogens is 282 g/mol. The quantitative estimate of drug-likeness (QED) is 0.531. The van der Waals surface area contributed by atoms with Crippen molar-refractivity contribution in [3.63, 3.8) is 0 Å². The molecule has 0 saturated carbocycles. The summed E-state index contributed by atoms with van der Waals surface area (Å²) in [4.78, 5) is 18.2. The molecule has 0 amide bonds. The molecule has 1 heterocycles. The Morgan fingerprint density at radius 2 is 2.25 bits per heavy atom. The lowest BCUT2D eigenvalue weighted by Gasteiger charge is -2.00. The zero-order valence-electron chi connectivity index (χ0n) is 10.4. The summed E-state index contributed by atoms with van der Waals surface area (Å²) in [6, 6.07) is 5.87. The number of nitrogens with zero attached hydrogens (tertiary/aromatic N) is 4. The molecule has 0 aliphatic heterocycles. The molecule has 102 valence electrons. The maximum Gasteiger partial charge on any atom is 0.270 e. The molecule has 0 atom stereocenters. The zero-order chi connectivity index (χ0) is 14.5. The Morgan fingerprint density at radius 1 is 1.45 bits per heavy atom. The number of halogens is 1. The number of nitro groups is 1. The van der Waals surface area contributed by atoms with Crippen LogP contribution in [0.15, 0.2) is 35.6 Å². The third-order valence-corrected chi connectivity index (χ3v) is 2.70. The second kappa shape index (κ2) is 6.07. The number of rotatable bonds is 4. The minimum absolute atomic E-state index is 0.0531. The summed E-state index contributed by atoms with van der Waals surface area (Å²) in [5.41, 5.74) is 3.80. The highest BCUT2D eigenvalue weighted by Gasteiger charge is 2.08. The Labute approximate surface area is 119 Å². The van der Waals surface area contributed by atoms with Gasteiger partial charge in [0.2, 0.25) is 5.95 Å². The summed E-state index contributed by atoms with van der Waals surface area (Å²) < 4.78 is 0. The van der Waals surface area contributed by atoms with Gasteiger partial charge in [-0.3, -0.25) is 10.1 Å². The summed E-state index contributed by atoms with van der Waals surface area (Å²) in [6.45, 7) is 1.83. The second-order valence-electron chi connectivity index (χ2n) is 3.85. The molecule has 0 bridgehead atoms. The van der Waals surface area contributed by atoms with Crippen LogP contribution in [0.4, 0.5) is 11.6 Å². The van der Waals surface area contributed by atoms with Crippen molar-refractivity contribution < 1.29 is 4.92 Å². The number of aryl methyl sites for hydroxylation is 1. The molecule has 8 heteroatoms. The fraction of sp³-hybridized carbons (Fsp3) is 0.0833. The van der Waals surface area contributed by atoms with E-state index in [1.165, 1.54) is 24.4 Å². The normalized spacial score (nSPS) is 10.7. The lowest BCUT2D eigenvalue weighted by Crippen LogP contribution is -1.98. The van der Waals surface area contributed by atoms with Gasteiger partial charge >= 0.3 is 0 Å². The van der Waals surface area contributed by atoms with Crippen molar-refractivity contribution in [2.24, 2.45) is 5.10 Å². The Bertz CT molecular complexity index is 675. The minimum atomic E-state index is -0.495. The SMILES string of the molecule is Cc1ccnc(N/N=C/c2cc([N+](=O)[O-])ccc2Cl)n1. The summed E-state index contributed by atoms with van der Waals surface area (Å²) in [6.07, 6.45) is 2.97. The maximum absolute atomic E-state index is 10.7. The lowest BCUT2D eigenvalue weighted by molar-refractivity contribution is -0.384. The Hall–Kier alpha value is -2.54. The first-order valence-electron chi connectivity index (χ1n) is 5.59. The minimum Gasteiger partial charge on any atom is -0.258 e. The fourth-order valence-corrected chi connectivity index (χ4v) is 1.57. The van der Waals surface area contributed by atoms with E-state index in [0.29, 0.717) is 16.5 Å². The van der Waals surface area contributed by atoms with E-state index in [1.54, 1.807) is 12.3 Å². The molecule has 0 aliphatic rings. The van der Waals surface area contributed by atoms with E-state index in [2.05, 4.69) is 20.5 Å². The molecule has 0 fully saturated rings. The summed E-state index contributed by atoms with van der Waals surface area (Å²) >= 11 is 5.94. The van der Waals surface area contributed by atoms with Gasteiger partial charge in [0.15, 0.2) is 0 Å². The first-order chi connectivity index (χ1) is 9.56. The molecular formula is C12H10ClN5O2. The summed E-state index contributed by atoms with van der Waals surface area (Å²) in [5.74, 6) is 0.336. The van der Waals surface area contributed by atoms with Crippen LogP contribution < -0.4 is 5.43 Å². The lowest BCUT2D eigenvalue weighted by atomic mass is 10.2. The van der Waals surface area contributed by atoms with Crippen molar-refractivity contribution in [3.8, 4) is 0 Å². The molecule has 1 aromatic heterocycles. The Morgan fingerprint density at radius 3 is 2.95 bits per heavy atom. The van der Waals surface area contributed by atoms with Gasteiger partial charge < -0.3 is 0 Å². The van der Waals surface area contributed by atoms with Crippen LogP contribution in [-0.2, 0) is 0 Å². The number of hydrazone groups is 1. The van der Waals surface area contributed by atoms with Crippen molar-refractivity contribution in [1.29, 1.82) is 0 Å². The number of nitrogens with one attached hydrogen (secondary N) is 1. The van der Waals surface area contributed by atoms with E-state index < -0.39 is 4.92 Å². The number of nitro benzene ring substituents is 1. The highest BCUT2D eigenvalue weighted by atomic mass is 35.5. The predicted octanol–water partition coefficient (Wildman–Crippen LogP) is 2.79. The predicted molar refractivity (Wildman–Crippen MR) is 76.1 cm³/mol. The summed E-state index contributed by atoms with van der Waals surface area (Å²) in [5, 5.41) is 15.0. The Balaban J connectivity index is 2.15. The first-order valence-corrected chi connectivity index (χ1v) is 5.97. The molecule has 0 unspecified atom stereocenters. The molecule has 7 nitrogen and oxygen atoms in total. The highest BCUT2D eigenvalue weighted by molar-refractivity contribution is 6.33. The fourth-order valence-electron chi connectivity index (χ4n) is 1.41. The molecule has 0 saturated heterocycles. The zero-order valence-corrected chi connectivity index (χ0v) is 11.2. The van der Waals surface area contributed by atoms with Gasteiger partial charge in [0.25, 0.3) is 5.69 Å². The van der Waals surface area contributed by atoms with Crippen molar-refractivity contribution in [1.82, 2.24) is 9.97 Å². The van der Waals surface area contributed by atoms with E-state index in [0.717, 1.165) is 5.69 Å². The molecule has 0 radical (unpaired) electrons. The number of hydrogen-bond acceptors (Lipinski definition) is 6. The van der Waals surface area contributed by atoms with Crippen molar-refractivity contribution >= 4 is 29.5 Å². The average molecular weight is 292 g/mol. The van der Waals surface area contributed by atoms with Gasteiger partial charge in [-0.25, -0.2) is 15.4 Å². The molecule has 2 rings (SSSR count). The van der Waals surface area contributed by atoms with Crippen LogP contribution in [0.1, 0.15) is 11.3 Å². The van der Waals surface area contributed by atoms with E-state index in [9.17, 15) is 10.1 Å². The van der Waals surface area contributed by atoms with Gasteiger partial charge in [0, 0.05) is 34.6 Å². The van der Waals surface area contributed by atoms with Gasteiger partial charge in [0.1, 0.15) is 0 Å². The molecule has 2 aromatic rings. The first kappa shape index (κ1) is 13.9. The van der Waals surface area contributed by atoms with Crippen LogP contribution in [0, 0.1) is 17.0 Å². The topological polar surface area (TPSA) is 93.3 Å². The van der Waals surface area contributed by atoms with Gasteiger partial charge in [-0.05, 0) is 19.1 Å². The monoisotopic (exact) mass is 291 g/mol. The standard InChI is InChI=1S/C12H10ClN5O2/c1-8-4-5-14-12(16-8)17-15-7-9-6-10(18(19)20)2-3-11(9)13/h2-7H,1H3,(H,14,16,17)/b15-7+. The van der Waals surface area contributed by atoms with Crippen molar-refractivity contribution in [2.45, 2.75) is 6.92 Å². The van der Waals surface area contributed by atoms with Crippen molar-refractivity contribution in [2.75, 3.05) is 5.43 Å². The van der Waals surface area contributed by atoms with Crippen LogP contribution >= 0.6 is 11.6 Å². The Kier molecular flexibility index (Phi) is 4.21. The maximum atomic E-state index is 10.7. The summed E-state index contributed by atoms with van der Waals surface area (Å²) in [7, 11) is 0. The van der Waals surface area contributed by atoms with Crippen LogP contribution in [0.3, 0.4) is 0 Å². The third kappa shape index (κ3) is 3.48. The van der Waals surface area contributed by atoms with Crippen LogP contribution in [0.25, 0.3) is 0 Å². The number of benzene rings is 1. The van der Waals surface area contributed by atoms with Crippen LogP contribution in [-0.4, -0.2) is 21.1 Å². The van der Waals surface area contributed by atoms with Crippen molar-refractivity contribution in [3.05, 3.63) is 56.9 Å². The average Bonchev–Trinajstić information content (AvgIpc) is 2.40. The van der Waals surface area contributed by atoms with Gasteiger partial charge in [-0.1, -0.05) is 11.6 Å². The van der Waals surface area contributed by atoms with Gasteiger partial charge in [0.05, 0.1) is 11.1 Å². The largest absolute Gasteiger partial charge is 0.270 e. The molecule has 0 aliphatic carbocycles. The van der Waals surface area contributed by atoms with Crippen LogP contribution in [0.2, 0.25) is 5.02 Å². The third-order valence-electron chi connectivity index (χ3n) is 2.35. The number of anilines is 1. The smallest absolute Gasteiger partial charge is 0.258 e. The van der Waals surface area contributed by atoms with E-state index in [4.69, 9.17) is 11.6 Å². The second-order valence-corrected chi connectivity index (χ2v) is 4.26. The van der Waals surface area contributed by atoms with Gasteiger partial charge in [-0.15, -0.1) is 0 Å². The molecule has 1 aromatic carbocycles. The van der Waals surface area contributed by atoms with E-state index >= 15 is 0 Å². The molecule has 20 heavy (non-hydrogen) atoms. The van der Waals surface area contributed by atoms with E-state index in [1.807, 2.05) is 6.92 Å². The van der Waals surface area contributed by atoms with E-state index in [-0.39, 0.29) is 5.69 Å². The highest BCUT2D eigenvalue weighted by Crippen LogP contribution is 2.20.